The van der Waals surface area contributed by atoms with Crippen LogP contribution < -0.4 is 10.6 Å². The highest BCUT2D eigenvalue weighted by molar-refractivity contribution is 5.76. The molecule has 14 unspecified atom stereocenters. The summed E-state index contributed by atoms with van der Waals surface area (Å²) in [5, 5.41) is 241. The number of rotatable bonds is 60. The number of allylic oxidation sites excluding steroid dienone is 3. The summed E-state index contributed by atoms with van der Waals surface area (Å²) in [5.41, 5.74) is 0. The summed E-state index contributed by atoms with van der Waals surface area (Å²) in [6.45, 7) is -0.101. The number of nitrogens with one attached hydrogen (secondary N) is 2. The van der Waals surface area contributed by atoms with E-state index in [0.29, 0.717) is 12.8 Å². The third kappa shape index (κ3) is 34.1. The molecule has 0 spiro atoms. The van der Waals surface area contributed by atoms with Gasteiger partial charge in [-0.2, -0.15) is 0 Å². The Kier molecular flexibility index (Phi) is 52.3. The minimum absolute atomic E-state index is 0.158. The molecule has 7 heterocycles. The molecule has 7 fully saturated rings. The van der Waals surface area contributed by atoms with Crippen molar-refractivity contribution >= 4 is 11.8 Å². The van der Waals surface area contributed by atoms with Crippen molar-refractivity contribution in [2.45, 2.75) is 473 Å². The zero-order chi connectivity index (χ0) is 92.7. The molecule has 39 nitrogen and oxygen atoms in total. The zero-order valence-electron chi connectivity index (χ0n) is 74.6. The highest BCUT2D eigenvalue weighted by Crippen LogP contribution is 2.40. The molecule has 2 amide bonds. The fourth-order valence-corrected chi connectivity index (χ4v) is 17.2. The quantitative estimate of drug-likeness (QED) is 0.0261. The lowest BCUT2D eigenvalue weighted by Crippen LogP contribution is -2.71. The molecule has 742 valence electrons. The number of unbranched alkanes of at least 4 members (excludes halogenated alkanes) is 30. The monoisotopic (exact) mass is 1840 g/mol. The van der Waals surface area contributed by atoms with Crippen molar-refractivity contribution in [1.29, 1.82) is 0 Å². The molecular weight excluding hydrogens is 1680 g/mol. The second-order valence-corrected chi connectivity index (χ2v) is 35.2. The molecule has 127 heavy (non-hydrogen) atoms. The number of carbonyl (C=O) groups is 2. The Hall–Kier alpha value is -2.98. The Morgan fingerprint density at radius 3 is 1.11 bits per heavy atom. The predicted octanol–water partition coefficient (Wildman–Crippen LogP) is -0.819. The van der Waals surface area contributed by atoms with Crippen LogP contribution in [-0.2, 0) is 75.9 Å². The van der Waals surface area contributed by atoms with Crippen LogP contribution in [0.1, 0.15) is 246 Å². The van der Waals surface area contributed by atoms with Crippen LogP contribution in [0.3, 0.4) is 0 Å². The van der Waals surface area contributed by atoms with E-state index < -0.39 is 279 Å². The van der Waals surface area contributed by atoms with Crippen LogP contribution in [0.15, 0.2) is 24.3 Å². The van der Waals surface area contributed by atoms with Gasteiger partial charge in [-0.15, -0.1) is 0 Å². The van der Waals surface area contributed by atoms with Gasteiger partial charge in [0.05, 0.1) is 64.5 Å². The van der Waals surface area contributed by atoms with Crippen LogP contribution in [0.5, 0.6) is 0 Å². The highest BCUT2D eigenvalue weighted by atomic mass is 16.8. The van der Waals surface area contributed by atoms with E-state index >= 15 is 0 Å². The second kappa shape index (κ2) is 59.8. The van der Waals surface area contributed by atoms with Gasteiger partial charge in [0.15, 0.2) is 44.0 Å². The second-order valence-electron chi connectivity index (χ2n) is 35.2. The average Bonchev–Trinajstić information content (AvgIpc) is 0.758. The minimum Gasteiger partial charge on any atom is -0.394 e. The average molecular weight is 1840 g/mol. The summed E-state index contributed by atoms with van der Waals surface area (Å²) in [4.78, 5) is 27.0. The van der Waals surface area contributed by atoms with Crippen molar-refractivity contribution in [3.63, 3.8) is 0 Å². The maximum absolute atomic E-state index is 13.6. The zero-order valence-corrected chi connectivity index (χ0v) is 74.6. The van der Waals surface area contributed by atoms with Crippen molar-refractivity contribution in [2.24, 2.45) is 0 Å². The molecule has 7 aliphatic heterocycles. The van der Waals surface area contributed by atoms with Gasteiger partial charge in [0.1, 0.15) is 165 Å². The fourth-order valence-electron chi connectivity index (χ4n) is 17.2. The van der Waals surface area contributed by atoms with Crippen LogP contribution in [0.4, 0.5) is 0 Å². The minimum atomic E-state index is -2.37. The van der Waals surface area contributed by atoms with Crippen molar-refractivity contribution in [2.75, 3.05) is 46.2 Å². The molecule has 7 rings (SSSR count). The molecule has 7 saturated heterocycles. The lowest BCUT2D eigenvalue weighted by Gasteiger charge is -2.51. The van der Waals surface area contributed by atoms with Gasteiger partial charge in [0, 0.05) is 13.3 Å². The number of hydrogen-bond donors (Lipinski definition) is 23. The maximum atomic E-state index is 13.6. The van der Waals surface area contributed by atoms with Crippen LogP contribution >= 0.6 is 0 Å². The number of aliphatic hydroxyl groups excluding tert-OH is 21. The Labute approximate surface area is 746 Å². The van der Waals surface area contributed by atoms with Crippen molar-refractivity contribution in [1.82, 2.24) is 10.6 Å². The SMILES string of the molecule is CCCCCCCC/C=C\CCCCCCCCCCCCCCCC(=O)N[C@@H](CO[C@@H]1OC(CO)[C@@H](O[C@@H]2OC(CO)[C@H](O)[C@H](O[C@H]3OC(CO)[C@H](O)[C@H](O[C@@H]4OC(CO)[C@H](O)[C@H](O[C@@H]5OC(CO)[C@H](O)[C@H](O[C@H]6OC(CO)[C@H](O)[C@H](O)C6O)C5O[C@H]5OC(C)[C@@H](O)C(O)[C@@H]5O)C4NC(C)=O)C3O)C2O)[C@H](O)C1O)[C@H](O)/C=C/CCCCCCCCCCCCC. The van der Waals surface area contributed by atoms with Crippen LogP contribution in [0.2, 0.25) is 0 Å². The summed E-state index contributed by atoms with van der Waals surface area (Å²) in [5.74, 6) is -1.30. The molecule has 37 atom stereocenters. The molecule has 0 aromatic carbocycles. The largest absolute Gasteiger partial charge is 0.394 e. The number of aliphatic hydroxyl groups is 21. The van der Waals surface area contributed by atoms with Gasteiger partial charge in [0.25, 0.3) is 0 Å². The first kappa shape index (κ1) is 111. The van der Waals surface area contributed by atoms with Gasteiger partial charge in [-0.25, -0.2) is 0 Å². The molecule has 23 N–H and O–H groups in total. The van der Waals surface area contributed by atoms with E-state index in [0.717, 1.165) is 58.3 Å². The molecule has 7 aliphatic rings. The molecule has 0 aromatic heterocycles. The van der Waals surface area contributed by atoms with E-state index in [1.54, 1.807) is 6.08 Å². The molecule has 0 aromatic rings. The van der Waals surface area contributed by atoms with Crippen molar-refractivity contribution in [3.8, 4) is 0 Å². The van der Waals surface area contributed by atoms with E-state index in [9.17, 15) is 117 Å². The number of hydrogen-bond acceptors (Lipinski definition) is 37. The summed E-state index contributed by atoms with van der Waals surface area (Å²) in [6, 6.07) is -3.05. The molecular formula is C88H158N2O37. The Bertz CT molecular complexity index is 2980. The third-order valence-electron chi connectivity index (χ3n) is 25.1. The first-order valence-corrected chi connectivity index (χ1v) is 47.0. The van der Waals surface area contributed by atoms with Crippen LogP contribution in [0.25, 0.3) is 0 Å². The molecule has 0 bridgehead atoms. The maximum Gasteiger partial charge on any atom is 0.220 e. The summed E-state index contributed by atoms with van der Waals surface area (Å²) in [7, 11) is 0. The van der Waals surface area contributed by atoms with Gasteiger partial charge in [-0.1, -0.05) is 205 Å². The Balaban J connectivity index is 0.988. The number of ether oxygens (including phenoxy) is 14. The molecule has 0 saturated carbocycles. The third-order valence-corrected chi connectivity index (χ3v) is 25.1. The Morgan fingerprint density at radius 1 is 0.323 bits per heavy atom. The topological polar surface area (TPSA) is 612 Å². The van der Waals surface area contributed by atoms with Crippen molar-refractivity contribution in [3.05, 3.63) is 24.3 Å². The van der Waals surface area contributed by atoms with E-state index in [2.05, 4.69) is 36.6 Å². The van der Waals surface area contributed by atoms with Gasteiger partial charge in [0.2, 0.25) is 11.8 Å². The number of amides is 2. The molecule has 39 heteroatoms. The van der Waals surface area contributed by atoms with Crippen LogP contribution in [0, 0.1) is 0 Å². The van der Waals surface area contributed by atoms with Gasteiger partial charge in [-0.3, -0.25) is 9.59 Å². The van der Waals surface area contributed by atoms with E-state index in [1.807, 2.05) is 6.08 Å². The smallest absolute Gasteiger partial charge is 0.220 e. The predicted molar refractivity (Wildman–Crippen MR) is 450 cm³/mol. The van der Waals surface area contributed by atoms with Gasteiger partial charge < -0.3 is 184 Å². The van der Waals surface area contributed by atoms with Gasteiger partial charge >= 0.3 is 0 Å². The first-order valence-electron chi connectivity index (χ1n) is 47.0. The lowest BCUT2D eigenvalue weighted by molar-refractivity contribution is -0.405. The fraction of sp³-hybridized carbons (Fsp3) is 0.932. The van der Waals surface area contributed by atoms with E-state index in [4.69, 9.17) is 66.3 Å². The lowest BCUT2D eigenvalue weighted by atomic mass is 9.93. The molecule has 0 radical (unpaired) electrons. The van der Waals surface area contributed by atoms with Gasteiger partial charge in [-0.05, 0) is 51.9 Å². The first-order chi connectivity index (χ1) is 61.1. The van der Waals surface area contributed by atoms with E-state index in [-0.39, 0.29) is 12.3 Å². The molecule has 0 aliphatic carbocycles. The normalized spacial score (nSPS) is 38.0. The summed E-state index contributed by atoms with van der Waals surface area (Å²) in [6.07, 6.45) is -23.0. The highest BCUT2D eigenvalue weighted by Gasteiger charge is 2.60. The summed E-state index contributed by atoms with van der Waals surface area (Å²) < 4.78 is 83.6. The number of carbonyl (C=O) groups excluding carboxylic acids is 2. The standard InChI is InChI=1S/C88H158N2O37/c1-5-7-9-11-13-15-17-19-20-21-22-23-24-25-26-27-28-30-32-34-36-38-40-42-60(99)90-52(53(98)41-39-37-35-33-31-29-18-16-14-12-10-8-6-2)49-114-83-73(111)70(108)76(59(48-96)121-83)122-86-75(113)79(66(104)57(46-94)118-86)125-87-74(112)78(65(103)56(45-93)119-87)124-82-61(89-51(4)97)77(64(102)55(44-92)116-82)123-88-81(127-84-71(109)68(106)62(100)50(3)115-84)80(67(105)58(47-95)120-88)126-85-72(110)69(107)63(101)54(43-91)117-85/h19-20,39,41,50,52-59,61-88,91-96,98,100-113H,5-18,21-38,40,42-49H2,1-4H3,(H,89,97)(H,90,99)/b20-19-,41-39+/t50?,52-,53+,54?,55?,56?,57?,58?,59?,61?,62+,63-,64-,65-,66-,67-,68?,69-,70+,71-,72?,73?,74?,75?,76+,77+,78-,79-,80-,81?,82-,83+,84+,85+,86-,87+,88-/m0/s1. The summed E-state index contributed by atoms with van der Waals surface area (Å²) >= 11 is 0. The Morgan fingerprint density at radius 2 is 0.654 bits per heavy atom. The van der Waals surface area contributed by atoms with E-state index in [1.165, 1.54) is 155 Å². The van der Waals surface area contributed by atoms with Crippen molar-refractivity contribution < 1.29 is 183 Å². The van der Waals surface area contributed by atoms with Crippen LogP contribution in [-0.4, -0.2) is 392 Å².